The third-order valence-corrected chi connectivity index (χ3v) is 3.68. The minimum Gasteiger partial charge on any atom is -0.444 e. The van der Waals surface area contributed by atoms with E-state index in [9.17, 15) is 14.4 Å². The Kier molecular flexibility index (Phi) is 5.80. The van der Waals surface area contributed by atoms with Crippen LogP contribution in [0.1, 0.15) is 40.5 Å². The Morgan fingerprint density at radius 1 is 1.43 bits per heavy atom. The molecule has 0 bridgehead atoms. The number of allylic oxidation sites excluding steroid dienone is 1. The van der Waals surface area contributed by atoms with Crippen LogP contribution < -0.4 is 11.1 Å². The Labute approximate surface area is 137 Å². The van der Waals surface area contributed by atoms with E-state index in [1.165, 1.54) is 4.90 Å². The zero-order chi connectivity index (χ0) is 17.8. The number of ether oxygens (including phenoxy) is 1. The van der Waals surface area contributed by atoms with Crippen LogP contribution in [0.15, 0.2) is 12.7 Å². The molecule has 7 heteroatoms. The summed E-state index contributed by atoms with van der Waals surface area (Å²) in [5.74, 6) is -0.893. The molecule has 0 unspecified atom stereocenters. The van der Waals surface area contributed by atoms with E-state index in [4.69, 9.17) is 10.5 Å². The largest absolute Gasteiger partial charge is 0.444 e. The minimum atomic E-state index is -0.672. The lowest BCUT2D eigenvalue weighted by molar-refractivity contribution is -0.136. The summed E-state index contributed by atoms with van der Waals surface area (Å²) >= 11 is 0. The number of nitrogens with one attached hydrogen (secondary N) is 1. The fraction of sp³-hybridized carbons (Fsp3) is 0.688. The minimum absolute atomic E-state index is 0.233. The molecule has 1 fully saturated rings. The van der Waals surface area contributed by atoms with Crippen molar-refractivity contribution in [2.24, 2.45) is 11.1 Å². The van der Waals surface area contributed by atoms with Gasteiger partial charge in [-0.1, -0.05) is 13.0 Å². The highest BCUT2D eigenvalue weighted by Crippen LogP contribution is 2.37. The number of carbonyl (C=O) groups excluding carboxylic acids is 3. The van der Waals surface area contributed by atoms with Gasteiger partial charge in [-0.2, -0.15) is 0 Å². The molecule has 1 heterocycles. The molecule has 23 heavy (non-hydrogen) atoms. The predicted molar refractivity (Wildman–Crippen MR) is 86.5 cm³/mol. The lowest BCUT2D eigenvalue weighted by Gasteiger charge is -2.24. The lowest BCUT2D eigenvalue weighted by Crippen LogP contribution is -2.48. The van der Waals surface area contributed by atoms with E-state index in [2.05, 4.69) is 11.9 Å². The van der Waals surface area contributed by atoms with Crippen LogP contribution in [0.5, 0.6) is 0 Å². The van der Waals surface area contributed by atoms with Gasteiger partial charge >= 0.3 is 6.09 Å². The van der Waals surface area contributed by atoms with Crippen molar-refractivity contribution < 1.29 is 19.1 Å². The standard InChI is InChI=1S/C16H27N3O4/c1-6-7-16(5)8-11(13(17)21)19(10-16)12(20)9-18-14(22)23-15(2,3)4/h6,11H,1,7-10H2,2-5H3,(H2,17,21)(H,18,22)/t11-,16+/m0/s1. The van der Waals surface area contributed by atoms with Crippen LogP contribution >= 0.6 is 0 Å². The first-order valence-electron chi connectivity index (χ1n) is 7.64. The molecule has 0 aromatic carbocycles. The fourth-order valence-corrected chi connectivity index (χ4v) is 2.74. The summed E-state index contributed by atoms with van der Waals surface area (Å²) in [7, 11) is 0. The second-order valence-electron chi connectivity index (χ2n) is 7.30. The molecule has 2 atom stereocenters. The van der Waals surface area contributed by atoms with Crippen molar-refractivity contribution in [3.8, 4) is 0 Å². The second-order valence-corrected chi connectivity index (χ2v) is 7.30. The van der Waals surface area contributed by atoms with Crippen LogP contribution in [0.2, 0.25) is 0 Å². The molecule has 1 aliphatic heterocycles. The molecule has 0 spiro atoms. The van der Waals surface area contributed by atoms with E-state index in [1.54, 1.807) is 26.8 Å². The second kappa shape index (κ2) is 7.02. The Balaban J connectivity index is 2.68. The molecule has 0 saturated carbocycles. The first kappa shape index (κ1) is 19.0. The number of rotatable bonds is 5. The predicted octanol–water partition coefficient (Wildman–Crippen LogP) is 1.18. The van der Waals surface area contributed by atoms with Crippen molar-refractivity contribution in [1.29, 1.82) is 0 Å². The smallest absolute Gasteiger partial charge is 0.408 e. The highest BCUT2D eigenvalue weighted by Gasteiger charge is 2.44. The summed E-state index contributed by atoms with van der Waals surface area (Å²) < 4.78 is 5.08. The van der Waals surface area contributed by atoms with Gasteiger partial charge in [-0.05, 0) is 39.0 Å². The maximum absolute atomic E-state index is 12.3. The van der Waals surface area contributed by atoms with Gasteiger partial charge in [0, 0.05) is 6.54 Å². The number of carbonyl (C=O) groups is 3. The van der Waals surface area contributed by atoms with Gasteiger partial charge in [0.25, 0.3) is 0 Å². The van der Waals surface area contributed by atoms with Crippen molar-refractivity contribution in [1.82, 2.24) is 10.2 Å². The van der Waals surface area contributed by atoms with Crippen LogP contribution in [0.4, 0.5) is 4.79 Å². The van der Waals surface area contributed by atoms with Gasteiger partial charge in [-0.15, -0.1) is 6.58 Å². The van der Waals surface area contributed by atoms with E-state index in [0.29, 0.717) is 19.4 Å². The van der Waals surface area contributed by atoms with Crippen LogP contribution in [0.3, 0.4) is 0 Å². The van der Waals surface area contributed by atoms with Gasteiger partial charge in [-0.25, -0.2) is 4.79 Å². The summed E-state index contributed by atoms with van der Waals surface area (Å²) in [5.41, 5.74) is 4.54. The van der Waals surface area contributed by atoms with Crippen LogP contribution in [0.25, 0.3) is 0 Å². The van der Waals surface area contributed by atoms with Gasteiger partial charge in [0.05, 0.1) is 0 Å². The van der Waals surface area contributed by atoms with Crippen molar-refractivity contribution in [2.45, 2.75) is 52.2 Å². The lowest BCUT2D eigenvalue weighted by atomic mass is 9.84. The number of alkyl carbamates (subject to hydrolysis) is 1. The third kappa shape index (κ3) is 5.58. The maximum atomic E-state index is 12.3. The van der Waals surface area contributed by atoms with Gasteiger partial charge in [0.2, 0.25) is 11.8 Å². The van der Waals surface area contributed by atoms with Gasteiger partial charge in [-0.3, -0.25) is 9.59 Å². The Hall–Kier alpha value is -2.05. The van der Waals surface area contributed by atoms with Crippen LogP contribution in [-0.4, -0.2) is 47.5 Å². The molecule has 1 saturated heterocycles. The summed E-state index contributed by atoms with van der Waals surface area (Å²) in [4.78, 5) is 37.0. The van der Waals surface area contributed by atoms with Gasteiger partial charge < -0.3 is 20.7 Å². The SMILES string of the molecule is C=CC[C@]1(C)C[C@@H](C(N)=O)N(C(=O)CNC(=O)OC(C)(C)C)C1. The number of likely N-dealkylation sites (tertiary alicyclic amines) is 1. The zero-order valence-corrected chi connectivity index (χ0v) is 14.3. The molecule has 3 N–H and O–H groups in total. The first-order valence-corrected chi connectivity index (χ1v) is 7.64. The van der Waals surface area contributed by atoms with Crippen LogP contribution in [-0.2, 0) is 14.3 Å². The summed E-state index contributed by atoms with van der Waals surface area (Å²) in [6.45, 7) is 11.1. The Morgan fingerprint density at radius 3 is 2.52 bits per heavy atom. The van der Waals surface area contributed by atoms with E-state index in [1.807, 2.05) is 6.92 Å². The third-order valence-electron chi connectivity index (χ3n) is 3.68. The zero-order valence-electron chi connectivity index (χ0n) is 14.3. The number of nitrogens with two attached hydrogens (primary N) is 1. The Bertz CT molecular complexity index is 498. The highest BCUT2D eigenvalue weighted by molar-refractivity contribution is 5.89. The number of primary amides is 1. The summed E-state index contributed by atoms with van der Waals surface area (Å²) in [6.07, 6.45) is 2.27. The number of nitrogens with zero attached hydrogens (tertiary/aromatic N) is 1. The average molecular weight is 325 g/mol. The number of hydrogen-bond acceptors (Lipinski definition) is 4. The molecule has 7 nitrogen and oxygen atoms in total. The Morgan fingerprint density at radius 2 is 2.04 bits per heavy atom. The molecular formula is C16H27N3O4. The molecule has 0 aliphatic carbocycles. The molecule has 130 valence electrons. The first-order chi connectivity index (χ1) is 10.5. The molecule has 1 aliphatic rings. The van der Waals surface area contributed by atoms with E-state index >= 15 is 0 Å². The maximum Gasteiger partial charge on any atom is 0.408 e. The van der Waals surface area contributed by atoms with Gasteiger partial charge in [0.1, 0.15) is 18.2 Å². The molecular weight excluding hydrogens is 298 g/mol. The number of hydrogen-bond donors (Lipinski definition) is 2. The highest BCUT2D eigenvalue weighted by atomic mass is 16.6. The molecule has 0 radical (unpaired) electrons. The van der Waals surface area contributed by atoms with Crippen LogP contribution in [0, 0.1) is 5.41 Å². The monoisotopic (exact) mass is 325 g/mol. The molecule has 1 rings (SSSR count). The molecule has 3 amide bonds. The quantitative estimate of drug-likeness (QED) is 0.741. The van der Waals surface area contributed by atoms with Crippen molar-refractivity contribution in [3.63, 3.8) is 0 Å². The topological polar surface area (TPSA) is 102 Å². The van der Waals surface area contributed by atoms with E-state index in [0.717, 1.165) is 0 Å². The normalized spacial score (nSPS) is 24.2. The average Bonchev–Trinajstić information content (AvgIpc) is 2.73. The molecule has 0 aromatic heterocycles. The fourth-order valence-electron chi connectivity index (χ4n) is 2.74. The van der Waals surface area contributed by atoms with E-state index in [-0.39, 0.29) is 17.9 Å². The van der Waals surface area contributed by atoms with Crippen molar-refractivity contribution >= 4 is 17.9 Å². The van der Waals surface area contributed by atoms with E-state index < -0.39 is 23.6 Å². The van der Waals surface area contributed by atoms with Crippen molar-refractivity contribution in [3.05, 3.63) is 12.7 Å². The van der Waals surface area contributed by atoms with Crippen molar-refractivity contribution in [2.75, 3.05) is 13.1 Å². The summed E-state index contributed by atoms with van der Waals surface area (Å²) in [6, 6.07) is -0.659. The summed E-state index contributed by atoms with van der Waals surface area (Å²) in [5, 5.41) is 2.41. The van der Waals surface area contributed by atoms with Gasteiger partial charge in [0.15, 0.2) is 0 Å². The number of amides is 3. The molecule has 0 aromatic rings.